The van der Waals surface area contributed by atoms with Gasteiger partial charge in [-0.3, -0.25) is 4.79 Å². The van der Waals surface area contributed by atoms with Crippen molar-refractivity contribution < 1.29 is 17.9 Å². The van der Waals surface area contributed by atoms with Crippen molar-refractivity contribution in [2.45, 2.75) is 4.90 Å². The maximum absolute atomic E-state index is 12.7. The second-order valence-electron chi connectivity index (χ2n) is 6.47. The van der Waals surface area contributed by atoms with E-state index >= 15 is 0 Å². The standard InChI is InChI=1S/C22H18ClN3O4S/c1-26(31(28,29)17-12-10-16(14-24)11-13-17)15-22(27)25-19-7-3-5-9-21(19)30-20-8-4-2-6-18(20)23/h2-13H,15H2,1H3,(H,25,27). The van der Waals surface area contributed by atoms with E-state index in [1.165, 1.54) is 31.3 Å². The molecule has 9 heteroatoms. The fraction of sp³-hybridized carbons (Fsp3) is 0.0909. The fourth-order valence-electron chi connectivity index (χ4n) is 2.66. The molecule has 0 radical (unpaired) electrons. The molecular weight excluding hydrogens is 438 g/mol. The van der Waals surface area contributed by atoms with Gasteiger partial charge in [0.15, 0.2) is 5.75 Å². The summed E-state index contributed by atoms with van der Waals surface area (Å²) in [4.78, 5) is 12.5. The lowest BCUT2D eigenvalue weighted by molar-refractivity contribution is -0.116. The van der Waals surface area contributed by atoms with Gasteiger partial charge in [0.2, 0.25) is 15.9 Å². The molecule has 0 saturated carbocycles. The molecule has 158 valence electrons. The van der Waals surface area contributed by atoms with Crippen LogP contribution >= 0.6 is 11.6 Å². The van der Waals surface area contributed by atoms with Gasteiger partial charge in [0, 0.05) is 7.05 Å². The largest absolute Gasteiger partial charge is 0.454 e. The Bertz CT molecular complexity index is 1240. The monoisotopic (exact) mass is 455 g/mol. The Balaban J connectivity index is 1.72. The summed E-state index contributed by atoms with van der Waals surface area (Å²) in [5.74, 6) is 0.239. The van der Waals surface area contributed by atoms with Gasteiger partial charge in [0.1, 0.15) is 5.75 Å². The molecule has 3 rings (SSSR count). The van der Waals surface area contributed by atoms with Gasteiger partial charge in [-0.1, -0.05) is 35.9 Å². The van der Waals surface area contributed by atoms with Crippen molar-refractivity contribution in [1.29, 1.82) is 5.26 Å². The van der Waals surface area contributed by atoms with Crippen LogP contribution in [0.2, 0.25) is 5.02 Å². The van der Waals surface area contributed by atoms with E-state index in [9.17, 15) is 13.2 Å². The fourth-order valence-corrected chi connectivity index (χ4v) is 3.96. The Labute approximate surface area is 185 Å². The van der Waals surface area contributed by atoms with Crippen molar-refractivity contribution >= 4 is 33.2 Å². The first-order valence-electron chi connectivity index (χ1n) is 9.09. The van der Waals surface area contributed by atoms with E-state index in [2.05, 4.69) is 5.32 Å². The highest BCUT2D eigenvalue weighted by Crippen LogP contribution is 2.33. The first-order chi connectivity index (χ1) is 14.8. The average molecular weight is 456 g/mol. The summed E-state index contributed by atoms with van der Waals surface area (Å²) in [6.07, 6.45) is 0. The molecule has 0 unspecified atom stereocenters. The molecule has 3 aromatic rings. The molecule has 0 atom stereocenters. The van der Waals surface area contributed by atoms with Gasteiger partial charge < -0.3 is 10.1 Å². The van der Waals surface area contributed by atoms with Crippen LogP contribution in [0.15, 0.2) is 77.7 Å². The number of amides is 1. The quantitative estimate of drug-likeness (QED) is 0.573. The van der Waals surface area contributed by atoms with Crippen molar-refractivity contribution in [2.24, 2.45) is 0 Å². The number of carbonyl (C=O) groups is 1. The second-order valence-corrected chi connectivity index (χ2v) is 8.93. The lowest BCUT2D eigenvalue weighted by Gasteiger charge is -2.18. The van der Waals surface area contributed by atoms with E-state index < -0.39 is 22.5 Å². The molecule has 3 aromatic carbocycles. The molecule has 0 aliphatic heterocycles. The van der Waals surface area contributed by atoms with Crippen LogP contribution in [0.5, 0.6) is 11.5 Å². The number of benzene rings is 3. The third kappa shape index (κ3) is 5.41. The molecule has 0 aliphatic rings. The van der Waals surface area contributed by atoms with Gasteiger partial charge in [-0.25, -0.2) is 8.42 Å². The minimum Gasteiger partial charge on any atom is -0.454 e. The molecule has 1 amide bonds. The number of likely N-dealkylation sites (N-methyl/N-ethyl adjacent to an activating group) is 1. The maximum Gasteiger partial charge on any atom is 0.243 e. The van der Waals surface area contributed by atoms with Crippen LogP contribution in [-0.4, -0.2) is 32.2 Å². The van der Waals surface area contributed by atoms with Gasteiger partial charge in [-0.15, -0.1) is 0 Å². The number of nitriles is 1. The highest BCUT2D eigenvalue weighted by molar-refractivity contribution is 7.89. The Hall–Kier alpha value is -3.38. The number of hydrogen-bond donors (Lipinski definition) is 1. The molecule has 0 spiro atoms. The van der Waals surface area contributed by atoms with E-state index in [-0.39, 0.29) is 4.90 Å². The summed E-state index contributed by atoms with van der Waals surface area (Å²) >= 11 is 6.13. The van der Waals surface area contributed by atoms with Crippen LogP contribution in [0.4, 0.5) is 5.69 Å². The summed E-state index contributed by atoms with van der Waals surface area (Å²) in [5.41, 5.74) is 0.714. The Morgan fingerprint density at radius 1 is 1.03 bits per heavy atom. The lowest BCUT2D eigenvalue weighted by Crippen LogP contribution is -2.35. The summed E-state index contributed by atoms with van der Waals surface area (Å²) in [5, 5.41) is 11.9. The number of para-hydroxylation sites is 3. The van der Waals surface area contributed by atoms with Crippen LogP contribution in [0.1, 0.15) is 5.56 Å². The van der Waals surface area contributed by atoms with Gasteiger partial charge >= 0.3 is 0 Å². The van der Waals surface area contributed by atoms with Crippen molar-refractivity contribution in [3.8, 4) is 17.6 Å². The number of nitrogens with one attached hydrogen (secondary N) is 1. The second kappa shape index (κ2) is 9.62. The van der Waals surface area contributed by atoms with E-state index in [0.29, 0.717) is 27.8 Å². The molecular formula is C22H18ClN3O4S. The van der Waals surface area contributed by atoms with Gasteiger partial charge in [0.25, 0.3) is 0 Å². The van der Waals surface area contributed by atoms with Crippen molar-refractivity contribution in [1.82, 2.24) is 4.31 Å². The van der Waals surface area contributed by atoms with Crippen LogP contribution in [0.3, 0.4) is 0 Å². The highest BCUT2D eigenvalue weighted by atomic mass is 35.5. The zero-order valence-corrected chi connectivity index (χ0v) is 18.0. The Morgan fingerprint density at radius 3 is 2.29 bits per heavy atom. The molecule has 7 nitrogen and oxygen atoms in total. The molecule has 0 aromatic heterocycles. The minimum atomic E-state index is -3.90. The predicted octanol–water partition coefficient (Wildman–Crippen LogP) is 4.26. The molecule has 0 aliphatic carbocycles. The van der Waals surface area contributed by atoms with Gasteiger partial charge in [0.05, 0.1) is 33.8 Å². The van der Waals surface area contributed by atoms with Crippen LogP contribution in [-0.2, 0) is 14.8 Å². The summed E-state index contributed by atoms with van der Waals surface area (Å²) in [7, 11) is -2.60. The number of rotatable bonds is 7. The van der Waals surface area contributed by atoms with Gasteiger partial charge in [-0.2, -0.15) is 9.57 Å². The lowest BCUT2D eigenvalue weighted by atomic mass is 10.2. The minimum absolute atomic E-state index is 0.00995. The van der Waals surface area contributed by atoms with Crippen LogP contribution in [0, 0.1) is 11.3 Å². The van der Waals surface area contributed by atoms with E-state index in [1.807, 2.05) is 6.07 Å². The van der Waals surface area contributed by atoms with Crippen molar-refractivity contribution in [2.75, 3.05) is 18.9 Å². The number of sulfonamides is 1. The summed E-state index contributed by atoms with van der Waals surface area (Å²) in [6, 6.07) is 21.1. The number of ether oxygens (including phenoxy) is 1. The maximum atomic E-state index is 12.7. The highest BCUT2D eigenvalue weighted by Gasteiger charge is 2.23. The predicted molar refractivity (Wildman–Crippen MR) is 118 cm³/mol. The van der Waals surface area contributed by atoms with Crippen molar-refractivity contribution in [3.63, 3.8) is 0 Å². The van der Waals surface area contributed by atoms with Gasteiger partial charge in [-0.05, 0) is 48.5 Å². The first-order valence-corrected chi connectivity index (χ1v) is 10.9. The number of nitrogens with zero attached hydrogens (tertiary/aromatic N) is 2. The normalized spacial score (nSPS) is 11.0. The Morgan fingerprint density at radius 2 is 1.65 bits per heavy atom. The molecule has 0 saturated heterocycles. The zero-order chi connectivity index (χ0) is 22.4. The zero-order valence-electron chi connectivity index (χ0n) is 16.4. The number of anilines is 1. The summed E-state index contributed by atoms with van der Waals surface area (Å²) in [6.45, 7) is -0.414. The SMILES string of the molecule is CN(CC(=O)Nc1ccccc1Oc1ccccc1Cl)S(=O)(=O)c1ccc(C#N)cc1. The number of carbonyl (C=O) groups excluding carboxylic acids is 1. The van der Waals surface area contributed by atoms with E-state index in [4.69, 9.17) is 21.6 Å². The number of hydrogen-bond acceptors (Lipinski definition) is 5. The summed E-state index contributed by atoms with van der Waals surface area (Å²) < 4.78 is 32.1. The van der Waals surface area contributed by atoms with Crippen molar-refractivity contribution in [3.05, 3.63) is 83.4 Å². The third-order valence-electron chi connectivity index (χ3n) is 4.28. The van der Waals surface area contributed by atoms with Crippen LogP contribution in [0.25, 0.3) is 0 Å². The topological polar surface area (TPSA) is 99.5 Å². The van der Waals surface area contributed by atoms with Crippen LogP contribution < -0.4 is 10.1 Å². The van der Waals surface area contributed by atoms with E-state index in [0.717, 1.165) is 4.31 Å². The smallest absolute Gasteiger partial charge is 0.243 e. The first kappa shape index (κ1) is 22.3. The van der Waals surface area contributed by atoms with E-state index in [1.54, 1.807) is 48.5 Å². The third-order valence-corrected chi connectivity index (χ3v) is 6.41. The Kier molecular flexibility index (Phi) is 6.92. The average Bonchev–Trinajstić information content (AvgIpc) is 2.76. The molecule has 1 N–H and O–H groups in total. The molecule has 0 bridgehead atoms. The molecule has 0 heterocycles. The molecule has 0 fully saturated rings. The number of halogens is 1. The molecule has 31 heavy (non-hydrogen) atoms.